The zero-order valence-corrected chi connectivity index (χ0v) is 11.2. The van der Waals surface area contributed by atoms with Gasteiger partial charge in [0.2, 0.25) is 0 Å². The Hall–Kier alpha value is -0.220. The van der Waals surface area contributed by atoms with E-state index in [4.69, 9.17) is 4.74 Å². The molecule has 1 rings (SSSR count). The van der Waals surface area contributed by atoms with Gasteiger partial charge in [-0.3, -0.25) is 4.79 Å². The van der Waals surface area contributed by atoms with Crippen LogP contribution in [0.1, 0.15) is 33.6 Å². The van der Waals surface area contributed by atoms with Gasteiger partial charge < -0.3 is 9.84 Å². The van der Waals surface area contributed by atoms with Crippen molar-refractivity contribution in [2.24, 2.45) is 11.8 Å². The molecule has 1 saturated heterocycles. The SMILES string of the molecule is CCOC(=O)C(C(C)C)C1(O)CCCSC1. The number of thioether (sulfide) groups is 1. The van der Waals surface area contributed by atoms with Crippen LogP contribution in [0.2, 0.25) is 0 Å². The van der Waals surface area contributed by atoms with Gasteiger partial charge in [-0.25, -0.2) is 0 Å². The lowest BCUT2D eigenvalue weighted by Gasteiger charge is -2.39. The fourth-order valence-electron chi connectivity index (χ4n) is 2.39. The van der Waals surface area contributed by atoms with E-state index in [1.165, 1.54) is 0 Å². The van der Waals surface area contributed by atoms with E-state index in [9.17, 15) is 9.90 Å². The molecule has 0 aliphatic carbocycles. The largest absolute Gasteiger partial charge is 0.466 e. The molecule has 2 atom stereocenters. The van der Waals surface area contributed by atoms with Crippen LogP contribution in [0.25, 0.3) is 0 Å². The van der Waals surface area contributed by atoms with Gasteiger partial charge in [-0.1, -0.05) is 13.8 Å². The molecule has 1 N–H and O–H groups in total. The second kappa shape index (κ2) is 5.92. The lowest BCUT2D eigenvalue weighted by Crippen LogP contribution is -2.49. The highest BCUT2D eigenvalue weighted by Gasteiger charge is 2.44. The minimum Gasteiger partial charge on any atom is -0.466 e. The van der Waals surface area contributed by atoms with E-state index in [1.807, 2.05) is 13.8 Å². The van der Waals surface area contributed by atoms with Crippen molar-refractivity contribution in [2.45, 2.75) is 39.2 Å². The molecule has 0 bridgehead atoms. The fraction of sp³-hybridized carbons (Fsp3) is 0.917. The summed E-state index contributed by atoms with van der Waals surface area (Å²) in [5.74, 6) is 1.20. The van der Waals surface area contributed by atoms with Gasteiger partial charge in [0, 0.05) is 5.75 Å². The van der Waals surface area contributed by atoms with Crippen LogP contribution in [0.3, 0.4) is 0 Å². The molecule has 94 valence electrons. The van der Waals surface area contributed by atoms with Gasteiger partial charge >= 0.3 is 5.97 Å². The van der Waals surface area contributed by atoms with Crippen LogP contribution in [0.4, 0.5) is 0 Å². The number of hydrogen-bond acceptors (Lipinski definition) is 4. The highest BCUT2D eigenvalue weighted by Crippen LogP contribution is 2.37. The van der Waals surface area contributed by atoms with Crippen molar-refractivity contribution in [3.05, 3.63) is 0 Å². The molecule has 0 aromatic carbocycles. The van der Waals surface area contributed by atoms with Crippen molar-refractivity contribution in [1.82, 2.24) is 0 Å². The molecule has 2 unspecified atom stereocenters. The Kier molecular flexibility index (Phi) is 5.12. The molecule has 0 saturated carbocycles. The third-order valence-corrected chi connectivity index (χ3v) is 4.32. The van der Waals surface area contributed by atoms with Crippen LogP contribution in [0, 0.1) is 11.8 Å². The van der Waals surface area contributed by atoms with Crippen LogP contribution in [-0.2, 0) is 9.53 Å². The van der Waals surface area contributed by atoms with Crippen LogP contribution in [0.5, 0.6) is 0 Å². The van der Waals surface area contributed by atoms with Crippen molar-refractivity contribution in [3.63, 3.8) is 0 Å². The zero-order valence-electron chi connectivity index (χ0n) is 10.4. The lowest BCUT2D eigenvalue weighted by molar-refractivity contribution is -0.160. The maximum atomic E-state index is 11.9. The van der Waals surface area contributed by atoms with Gasteiger partial charge in [0.05, 0.1) is 18.1 Å². The summed E-state index contributed by atoms with van der Waals surface area (Å²) in [5, 5.41) is 10.6. The summed E-state index contributed by atoms with van der Waals surface area (Å²) in [6.07, 6.45) is 1.69. The highest BCUT2D eigenvalue weighted by atomic mass is 32.2. The minimum absolute atomic E-state index is 0.114. The third kappa shape index (κ3) is 3.14. The van der Waals surface area contributed by atoms with Gasteiger partial charge in [0.25, 0.3) is 0 Å². The Morgan fingerprint density at radius 3 is 2.69 bits per heavy atom. The maximum Gasteiger partial charge on any atom is 0.312 e. The normalized spacial score (nSPS) is 27.8. The fourth-order valence-corrected chi connectivity index (χ4v) is 3.56. The van der Waals surface area contributed by atoms with Crippen LogP contribution in [0.15, 0.2) is 0 Å². The first-order valence-corrected chi connectivity index (χ1v) is 7.13. The van der Waals surface area contributed by atoms with Gasteiger partial charge in [-0.05, 0) is 31.4 Å². The van der Waals surface area contributed by atoms with Crippen LogP contribution >= 0.6 is 11.8 Å². The number of rotatable bonds is 4. The topological polar surface area (TPSA) is 46.5 Å². The highest BCUT2D eigenvalue weighted by molar-refractivity contribution is 7.99. The molecule has 0 aromatic rings. The number of esters is 1. The average molecular weight is 246 g/mol. The van der Waals surface area contributed by atoms with Crippen molar-refractivity contribution in [1.29, 1.82) is 0 Å². The van der Waals surface area contributed by atoms with Crippen molar-refractivity contribution in [3.8, 4) is 0 Å². The van der Waals surface area contributed by atoms with Crippen molar-refractivity contribution in [2.75, 3.05) is 18.1 Å². The zero-order chi connectivity index (χ0) is 12.2. The summed E-state index contributed by atoms with van der Waals surface area (Å²) in [5.41, 5.74) is -0.872. The number of carbonyl (C=O) groups is 1. The second-order valence-corrected chi connectivity index (χ2v) is 5.84. The molecule has 0 radical (unpaired) electrons. The lowest BCUT2D eigenvalue weighted by atomic mass is 9.78. The summed E-state index contributed by atoms with van der Waals surface area (Å²) < 4.78 is 5.08. The standard InChI is InChI=1S/C12H22O3S/c1-4-15-11(13)10(9(2)3)12(14)6-5-7-16-8-12/h9-10,14H,4-8H2,1-3H3. The molecule has 16 heavy (non-hydrogen) atoms. The van der Waals surface area contributed by atoms with Crippen LogP contribution < -0.4 is 0 Å². The summed E-state index contributed by atoms with van der Waals surface area (Å²) >= 11 is 1.73. The maximum absolute atomic E-state index is 11.9. The summed E-state index contributed by atoms with van der Waals surface area (Å²) in [7, 11) is 0. The summed E-state index contributed by atoms with van der Waals surface area (Å²) in [4.78, 5) is 11.9. The molecule has 4 heteroatoms. The molecule has 1 aliphatic rings. The number of ether oxygens (including phenoxy) is 1. The monoisotopic (exact) mass is 246 g/mol. The van der Waals surface area contributed by atoms with Gasteiger partial charge in [-0.15, -0.1) is 0 Å². The predicted molar refractivity (Wildman–Crippen MR) is 66.5 cm³/mol. The van der Waals surface area contributed by atoms with Crippen LogP contribution in [-0.4, -0.2) is 34.8 Å². The van der Waals surface area contributed by atoms with E-state index in [-0.39, 0.29) is 17.8 Å². The Morgan fingerprint density at radius 1 is 1.56 bits per heavy atom. The first-order chi connectivity index (χ1) is 7.51. The Morgan fingerprint density at radius 2 is 2.25 bits per heavy atom. The smallest absolute Gasteiger partial charge is 0.312 e. The Balaban J connectivity index is 2.78. The molecular weight excluding hydrogens is 224 g/mol. The average Bonchev–Trinajstić information content (AvgIpc) is 2.17. The molecule has 1 fully saturated rings. The van der Waals surface area contributed by atoms with E-state index < -0.39 is 5.60 Å². The molecule has 1 aliphatic heterocycles. The molecule has 3 nitrogen and oxygen atoms in total. The van der Waals surface area contributed by atoms with E-state index in [0.29, 0.717) is 18.8 Å². The Bertz CT molecular complexity index is 234. The molecule has 0 aromatic heterocycles. The van der Waals surface area contributed by atoms with E-state index in [2.05, 4.69) is 0 Å². The minimum atomic E-state index is -0.872. The van der Waals surface area contributed by atoms with E-state index >= 15 is 0 Å². The van der Waals surface area contributed by atoms with Crippen molar-refractivity contribution >= 4 is 17.7 Å². The summed E-state index contributed by atoms with van der Waals surface area (Å²) in [6.45, 7) is 6.12. The predicted octanol–water partition coefficient (Wildman–Crippen LogP) is 2.08. The van der Waals surface area contributed by atoms with Gasteiger partial charge in [0.1, 0.15) is 0 Å². The van der Waals surface area contributed by atoms with Gasteiger partial charge in [-0.2, -0.15) is 11.8 Å². The van der Waals surface area contributed by atoms with Crippen molar-refractivity contribution < 1.29 is 14.6 Å². The molecule has 0 spiro atoms. The van der Waals surface area contributed by atoms with E-state index in [1.54, 1.807) is 18.7 Å². The molecule has 0 amide bonds. The quantitative estimate of drug-likeness (QED) is 0.772. The number of aliphatic hydroxyl groups is 1. The third-order valence-electron chi connectivity index (χ3n) is 3.04. The molecular formula is C12H22O3S. The second-order valence-electron chi connectivity index (χ2n) is 4.73. The number of carbonyl (C=O) groups excluding carboxylic acids is 1. The molecule has 1 heterocycles. The van der Waals surface area contributed by atoms with Gasteiger partial charge in [0.15, 0.2) is 0 Å². The Labute approximate surface area is 102 Å². The first kappa shape index (κ1) is 13.8. The summed E-state index contributed by atoms with van der Waals surface area (Å²) in [6, 6.07) is 0. The number of hydrogen-bond donors (Lipinski definition) is 1. The van der Waals surface area contributed by atoms with E-state index in [0.717, 1.165) is 12.2 Å². The first-order valence-electron chi connectivity index (χ1n) is 5.98.